The van der Waals surface area contributed by atoms with Crippen LogP contribution in [0.25, 0.3) is 0 Å². The maximum absolute atomic E-state index is 10.4. The van der Waals surface area contributed by atoms with Crippen LogP contribution in [-0.4, -0.2) is 10.2 Å². The normalized spacial score (nSPS) is 11.1. The van der Waals surface area contributed by atoms with Gasteiger partial charge in [-0.25, -0.2) is 0 Å². The van der Waals surface area contributed by atoms with Crippen molar-refractivity contribution in [3.8, 4) is 11.5 Å². The maximum atomic E-state index is 10.4. The summed E-state index contributed by atoms with van der Waals surface area (Å²) in [6.07, 6.45) is 15.2. The lowest BCUT2D eigenvalue weighted by Crippen LogP contribution is -1.94. The van der Waals surface area contributed by atoms with E-state index in [9.17, 15) is 10.2 Å². The largest absolute Gasteiger partial charge is 0.508 e. The van der Waals surface area contributed by atoms with Crippen molar-refractivity contribution in [2.45, 2.75) is 97.3 Å². The van der Waals surface area contributed by atoms with Gasteiger partial charge in [-0.05, 0) is 60.1 Å². The second kappa shape index (κ2) is 13.3. The van der Waals surface area contributed by atoms with E-state index >= 15 is 0 Å². The number of unbranched alkanes of at least 4 members (excludes halogenated alkanes) is 8. The number of phenols is 2. The summed E-state index contributed by atoms with van der Waals surface area (Å²) >= 11 is 0. The molecule has 2 heteroatoms. The summed E-state index contributed by atoms with van der Waals surface area (Å²) in [5.41, 5.74) is 4.15. The van der Waals surface area contributed by atoms with Gasteiger partial charge in [-0.2, -0.15) is 0 Å². The molecule has 160 valence electrons. The Balaban J connectivity index is 1.87. The highest BCUT2D eigenvalue weighted by Crippen LogP contribution is 2.28. The molecule has 0 aromatic heterocycles. The molecule has 0 unspecified atom stereocenters. The molecule has 29 heavy (non-hydrogen) atoms. The Morgan fingerprint density at radius 2 is 0.966 bits per heavy atom. The van der Waals surface area contributed by atoms with Crippen molar-refractivity contribution in [3.05, 3.63) is 58.7 Å². The Morgan fingerprint density at radius 3 is 1.34 bits per heavy atom. The molecule has 0 radical (unpaired) electrons. The summed E-state index contributed by atoms with van der Waals surface area (Å²) in [6.45, 7) is 4.47. The van der Waals surface area contributed by atoms with Crippen molar-refractivity contribution in [3.63, 3.8) is 0 Å². The highest BCUT2D eigenvalue weighted by Gasteiger charge is 2.09. The quantitative estimate of drug-likeness (QED) is 0.321. The van der Waals surface area contributed by atoms with E-state index in [0.29, 0.717) is 17.9 Å². The monoisotopic (exact) mass is 396 g/mol. The van der Waals surface area contributed by atoms with Gasteiger partial charge in [-0.1, -0.05) is 89.5 Å². The van der Waals surface area contributed by atoms with Crippen molar-refractivity contribution in [2.24, 2.45) is 0 Å². The van der Waals surface area contributed by atoms with Gasteiger partial charge >= 0.3 is 0 Å². The van der Waals surface area contributed by atoms with Crippen molar-refractivity contribution >= 4 is 0 Å². The van der Waals surface area contributed by atoms with Crippen LogP contribution in [0.3, 0.4) is 0 Å². The topological polar surface area (TPSA) is 40.5 Å². The van der Waals surface area contributed by atoms with Gasteiger partial charge in [0.2, 0.25) is 0 Å². The lowest BCUT2D eigenvalue weighted by molar-refractivity contribution is 0.462. The van der Waals surface area contributed by atoms with E-state index in [-0.39, 0.29) is 0 Å². The standard InChI is InChI=1S/C27H40O2/c1-3-5-7-9-11-13-22-15-17-24(26(28)19-22)21-25-18-16-23(20-27(25)29)14-12-10-8-6-4-2/h15-20,28-29H,3-14,21H2,1-2H3. The van der Waals surface area contributed by atoms with Crippen LogP contribution in [0, 0.1) is 0 Å². The van der Waals surface area contributed by atoms with E-state index in [1.807, 2.05) is 24.3 Å². The molecule has 2 rings (SSSR count). The second-order valence-corrected chi connectivity index (χ2v) is 8.43. The van der Waals surface area contributed by atoms with Crippen LogP contribution in [0.4, 0.5) is 0 Å². The molecule has 2 aromatic rings. The summed E-state index contributed by atoms with van der Waals surface area (Å²) in [5, 5.41) is 20.9. The molecule has 2 aromatic carbocycles. The summed E-state index contributed by atoms with van der Waals surface area (Å²) in [6, 6.07) is 12.1. The number of aryl methyl sites for hydroxylation is 2. The lowest BCUT2D eigenvalue weighted by atomic mass is 9.97. The van der Waals surface area contributed by atoms with E-state index in [4.69, 9.17) is 0 Å². The van der Waals surface area contributed by atoms with E-state index in [1.54, 1.807) is 0 Å². The maximum Gasteiger partial charge on any atom is 0.119 e. The molecule has 0 spiro atoms. The first-order chi connectivity index (χ1) is 14.1. The van der Waals surface area contributed by atoms with Gasteiger partial charge in [-0.3, -0.25) is 0 Å². The third kappa shape index (κ3) is 8.51. The Bertz CT molecular complexity index is 659. The van der Waals surface area contributed by atoms with Crippen LogP contribution in [0.5, 0.6) is 11.5 Å². The number of hydrogen-bond acceptors (Lipinski definition) is 2. The molecule has 0 aliphatic carbocycles. The third-order valence-corrected chi connectivity index (χ3v) is 5.82. The summed E-state index contributed by atoms with van der Waals surface area (Å²) in [4.78, 5) is 0. The molecule has 0 aliphatic heterocycles. The zero-order valence-corrected chi connectivity index (χ0v) is 18.6. The highest BCUT2D eigenvalue weighted by molar-refractivity contribution is 5.44. The Kier molecular flexibility index (Phi) is 10.7. The Hall–Kier alpha value is -1.96. The first-order valence-corrected chi connectivity index (χ1v) is 11.8. The fraction of sp³-hybridized carbons (Fsp3) is 0.556. The predicted octanol–water partition coefficient (Wildman–Crippen LogP) is 7.71. The Labute approximate surface area is 178 Å². The van der Waals surface area contributed by atoms with Gasteiger partial charge in [0, 0.05) is 6.42 Å². The molecule has 0 amide bonds. The molecule has 0 bridgehead atoms. The average molecular weight is 397 g/mol. The van der Waals surface area contributed by atoms with Gasteiger partial charge in [0.1, 0.15) is 11.5 Å². The first kappa shape index (κ1) is 23.3. The number of aromatic hydroxyl groups is 2. The fourth-order valence-electron chi connectivity index (χ4n) is 3.90. The molecular formula is C27H40O2. The molecular weight excluding hydrogens is 356 g/mol. The number of hydrogen-bond donors (Lipinski definition) is 2. The zero-order chi connectivity index (χ0) is 20.9. The summed E-state index contributed by atoms with van der Waals surface area (Å²) in [5.74, 6) is 0.686. The van der Waals surface area contributed by atoms with Crippen LogP contribution < -0.4 is 0 Å². The lowest BCUT2D eigenvalue weighted by Gasteiger charge is -2.10. The minimum absolute atomic E-state index is 0.343. The van der Waals surface area contributed by atoms with E-state index in [0.717, 1.165) is 24.0 Å². The molecule has 0 fully saturated rings. The smallest absolute Gasteiger partial charge is 0.119 e. The van der Waals surface area contributed by atoms with Crippen LogP contribution in [0.15, 0.2) is 36.4 Å². The van der Waals surface area contributed by atoms with Crippen molar-refractivity contribution in [2.75, 3.05) is 0 Å². The third-order valence-electron chi connectivity index (χ3n) is 5.82. The molecule has 2 nitrogen and oxygen atoms in total. The SMILES string of the molecule is CCCCCCCc1ccc(Cc2ccc(CCCCCCC)cc2O)c(O)c1. The Morgan fingerprint density at radius 1 is 0.552 bits per heavy atom. The molecule has 0 saturated carbocycles. The minimum atomic E-state index is 0.343. The van der Waals surface area contributed by atoms with Gasteiger partial charge in [0.05, 0.1) is 0 Å². The van der Waals surface area contributed by atoms with E-state index in [1.165, 1.54) is 75.3 Å². The van der Waals surface area contributed by atoms with E-state index < -0.39 is 0 Å². The van der Waals surface area contributed by atoms with E-state index in [2.05, 4.69) is 26.0 Å². The van der Waals surface area contributed by atoms with Crippen LogP contribution in [0.2, 0.25) is 0 Å². The van der Waals surface area contributed by atoms with Crippen molar-refractivity contribution in [1.29, 1.82) is 0 Å². The number of benzene rings is 2. The predicted molar refractivity (Wildman–Crippen MR) is 124 cm³/mol. The molecule has 0 heterocycles. The molecule has 2 N–H and O–H groups in total. The summed E-state index contributed by atoms with van der Waals surface area (Å²) in [7, 11) is 0. The van der Waals surface area contributed by atoms with Crippen molar-refractivity contribution in [1.82, 2.24) is 0 Å². The van der Waals surface area contributed by atoms with Crippen LogP contribution in [0.1, 0.15) is 100 Å². The second-order valence-electron chi connectivity index (χ2n) is 8.43. The first-order valence-electron chi connectivity index (χ1n) is 11.8. The average Bonchev–Trinajstić information content (AvgIpc) is 2.71. The summed E-state index contributed by atoms with van der Waals surface area (Å²) < 4.78 is 0. The fourth-order valence-corrected chi connectivity index (χ4v) is 3.90. The van der Waals surface area contributed by atoms with Gasteiger partial charge in [0.15, 0.2) is 0 Å². The number of rotatable bonds is 14. The number of phenolic OH excluding ortho intramolecular Hbond substituents is 2. The minimum Gasteiger partial charge on any atom is -0.508 e. The van der Waals surface area contributed by atoms with Gasteiger partial charge < -0.3 is 10.2 Å². The van der Waals surface area contributed by atoms with Gasteiger partial charge in [0.25, 0.3) is 0 Å². The van der Waals surface area contributed by atoms with Crippen molar-refractivity contribution < 1.29 is 10.2 Å². The highest BCUT2D eigenvalue weighted by atomic mass is 16.3. The van der Waals surface area contributed by atoms with Crippen LogP contribution in [-0.2, 0) is 19.3 Å². The molecule has 0 aliphatic rings. The zero-order valence-electron chi connectivity index (χ0n) is 18.6. The van der Waals surface area contributed by atoms with Gasteiger partial charge in [-0.15, -0.1) is 0 Å². The van der Waals surface area contributed by atoms with Crippen LogP contribution >= 0.6 is 0 Å². The molecule has 0 atom stereocenters. The molecule has 0 saturated heterocycles.